The van der Waals surface area contributed by atoms with Gasteiger partial charge in [-0.05, 0) is 54.4 Å². The van der Waals surface area contributed by atoms with Gasteiger partial charge in [-0.25, -0.2) is 13.4 Å². The first-order valence-electron chi connectivity index (χ1n) is 9.44. The molecule has 1 aromatic heterocycles. The number of aromatic nitrogens is 1. The number of anilines is 2. The molecule has 3 aromatic carbocycles. The van der Waals surface area contributed by atoms with Crippen molar-refractivity contribution in [3.63, 3.8) is 0 Å². The Hall–Kier alpha value is -3.27. The standard InChI is InChI=1S/C22H19N3O4S2/c26-13-12-15-6-9-17(10-7-15)23-21(27)16-8-11-19-20(14-16)30-22(24-19)25-31(28,29)18-4-2-1-3-5-18/h1-11,14,26H,12-13H2,(H,23,27)(H,24,25). The second kappa shape index (κ2) is 8.84. The monoisotopic (exact) mass is 453 g/mol. The number of hydrogen-bond donors (Lipinski definition) is 3. The zero-order valence-corrected chi connectivity index (χ0v) is 17.9. The lowest BCUT2D eigenvalue weighted by atomic mass is 10.1. The van der Waals surface area contributed by atoms with Crippen LogP contribution >= 0.6 is 11.3 Å². The van der Waals surface area contributed by atoms with E-state index in [0.29, 0.717) is 27.9 Å². The number of carbonyl (C=O) groups excluding carboxylic acids is 1. The molecule has 0 aliphatic heterocycles. The van der Waals surface area contributed by atoms with Crippen LogP contribution in [0.3, 0.4) is 0 Å². The van der Waals surface area contributed by atoms with E-state index in [-0.39, 0.29) is 22.5 Å². The predicted molar refractivity (Wildman–Crippen MR) is 122 cm³/mol. The van der Waals surface area contributed by atoms with Crippen LogP contribution in [0.4, 0.5) is 10.8 Å². The Kier molecular flexibility index (Phi) is 5.99. The molecule has 7 nitrogen and oxygen atoms in total. The van der Waals surface area contributed by atoms with E-state index in [9.17, 15) is 13.2 Å². The summed E-state index contributed by atoms with van der Waals surface area (Å²) in [5, 5.41) is 12.0. The fraction of sp³-hybridized carbons (Fsp3) is 0.0909. The number of thiazole rings is 1. The molecule has 0 atom stereocenters. The predicted octanol–water partition coefficient (Wildman–Crippen LogP) is 3.88. The molecular formula is C22H19N3O4S2. The number of nitrogens with zero attached hydrogens (tertiary/aromatic N) is 1. The number of fused-ring (bicyclic) bond motifs is 1. The first-order valence-corrected chi connectivity index (χ1v) is 11.7. The maximum Gasteiger partial charge on any atom is 0.263 e. The number of aliphatic hydroxyl groups excluding tert-OH is 1. The molecule has 3 N–H and O–H groups in total. The summed E-state index contributed by atoms with van der Waals surface area (Å²) in [6.45, 7) is 0.0735. The van der Waals surface area contributed by atoms with Crippen molar-refractivity contribution in [1.29, 1.82) is 0 Å². The van der Waals surface area contributed by atoms with Gasteiger partial charge in [-0.1, -0.05) is 41.7 Å². The number of hydrogen-bond acceptors (Lipinski definition) is 6. The summed E-state index contributed by atoms with van der Waals surface area (Å²) in [4.78, 5) is 17.1. The molecule has 4 aromatic rings. The summed E-state index contributed by atoms with van der Waals surface area (Å²) in [7, 11) is -3.73. The lowest BCUT2D eigenvalue weighted by Crippen LogP contribution is -2.12. The normalized spacial score (nSPS) is 11.4. The van der Waals surface area contributed by atoms with Crippen LogP contribution in [-0.2, 0) is 16.4 Å². The van der Waals surface area contributed by atoms with Crippen molar-refractivity contribution in [1.82, 2.24) is 4.98 Å². The van der Waals surface area contributed by atoms with Crippen molar-refractivity contribution in [3.05, 3.63) is 83.9 Å². The number of rotatable bonds is 7. The molecule has 0 fully saturated rings. The molecule has 0 saturated heterocycles. The van der Waals surface area contributed by atoms with E-state index < -0.39 is 10.0 Å². The Morgan fingerprint density at radius 3 is 2.45 bits per heavy atom. The number of nitrogens with one attached hydrogen (secondary N) is 2. The Morgan fingerprint density at radius 1 is 1.00 bits per heavy atom. The van der Waals surface area contributed by atoms with Gasteiger partial charge in [0.1, 0.15) is 0 Å². The quantitative estimate of drug-likeness (QED) is 0.393. The second-order valence-corrected chi connectivity index (χ2v) is 9.46. The van der Waals surface area contributed by atoms with E-state index in [2.05, 4.69) is 15.0 Å². The van der Waals surface area contributed by atoms with Crippen molar-refractivity contribution in [2.75, 3.05) is 16.6 Å². The molecule has 0 aliphatic rings. The van der Waals surface area contributed by atoms with E-state index >= 15 is 0 Å². The average molecular weight is 454 g/mol. The molecule has 1 heterocycles. The summed E-state index contributed by atoms with van der Waals surface area (Å²) < 4.78 is 28.2. The highest BCUT2D eigenvalue weighted by Gasteiger charge is 2.17. The summed E-state index contributed by atoms with van der Waals surface area (Å²) in [5.74, 6) is -0.281. The third-order valence-corrected chi connectivity index (χ3v) is 6.96. The van der Waals surface area contributed by atoms with Crippen molar-refractivity contribution in [2.45, 2.75) is 11.3 Å². The van der Waals surface area contributed by atoms with E-state index in [0.717, 1.165) is 16.9 Å². The highest BCUT2D eigenvalue weighted by Crippen LogP contribution is 2.29. The Morgan fingerprint density at radius 2 is 1.74 bits per heavy atom. The fourth-order valence-corrected chi connectivity index (χ4v) is 5.13. The van der Waals surface area contributed by atoms with Crippen LogP contribution in [0.15, 0.2) is 77.7 Å². The van der Waals surface area contributed by atoms with Gasteiger partial charge in [0.25, 0.3) is 15.9 Å². The van der Waals surface area contributed by atoms with Crippen molar-refractivity contribution in [3.8, 4) is 0 Å². The molecule has 158 valence electrons. The molecule has 0 bridgehead atoms. The van der Waals surface area contributed by atoms with Gasteiger partial charge >= 0.3 is 0 Å². The molecule has 1 amide bonds. The zero-order valence-electron chi connectivity index (χ0n) is 16.3. The maximum absolute atomic E-state index is 12.6. The third-order valence-electron chi connectivity index (χ3n) is 4.54. The van der Waals surface area contributed by atoms with Crippen LogP contribution in [0, 0.1) is 0 Å². The van der Waals surface area contributed by atoms with Gasteiger partial charge in [0.05, 0.1) is 15.1 Å². The summed E-state index contributed by atoms with van der Waals surface area (Å²) in [5.41, 5.74) is 2.66. The van der Waals surface area contributed by atoms with Gasteiger partial charge < -0.3 is 10.4 Å². The molecule has 4 rings (SSSR count). The second-order valence-electron chi connectivity index (χ2n) is 6.74. The van der Waals surface area contributed by atoms with Gasteiger partial charge in [0.2, 0.25) is 0 Å². The summed E-state index contributed by atoms with van der Waals surface area (Å²) >= 11 is 1.16. The summed E-state index contributed by atoms with van der Waals surface area (Å²) in [6, 6.07) is 20.3. The van der Waals surface area contributed by atoms with Crippen LogP contribution < -0.4 is 10.0 Å². The van der Waals surface area contributed by atoms with Crippen LogP contribution in [0.5, 0.6) is 0 Å². The lowest BCUT2D eigenvalue weighted by molar-refractivity contribution is 0.102. The fourth-order valence-electron chi connectivity index (χ4n) is 2.97. The van der Waals surface area contributed by atoms with Crippen LogP contribution in [0.1, 0.15) is 15.9 Å². The number of amides is 1. The van der Waals surface area contributed by atoms with E-state index in [1.54, 1.807) is 48.5 Å². The number of benzene rings is 3. The molecular weight excluding hydrogens is 434 g/mol. The zero-order chi connectivity index (χ0) is 21.8. The van der Waals surface area contributed by atoms with Crippen LogP contribution in [0.25, 0.3) is 10.2 Å². The van der Waals surface area contributed by atoms with Crippen molar-refractivity contribution >= 4 is 48.3 Å². The molecule has 0 unspecified atom stereocenters. The van der Waals surface area contributed by atoms with E-state index in [4.69, 9.17) is 5.11 Å². The number of carbonyl (C=O) groups is 1. The highest BCUT2D eigenvalue weighted by atomic mass is 32.2. The highest BCUT2D eigenvalue weighted by molar-refractivity contribution is 7.93. The Bertz CT molecular complexity index is 1320. The first kappa shape index (κ1) is 21.0. The van der Waals surface area contributed by atoms with Gasteiger partial charge in [0.15, 0.2) is 5.13 Å². The molecule has 9 heteroatoms. The van der Waals surface area contributed by atoms with Gasteiger partial charge in [-0.3, -0.25) is 9.52 Å². The van der Waals surface area contributed by atoms with Crippen molar-refractivity contribution in [2.24, 2.45) is 0 Å². The first-order chi connectivity index (χ1) is 14.9. The molecule has 0 radical (unpaired) electrons. The van der Waals surface area contributed by atoms with Gasteiger partial charge in [0, 0.05) is 17.9 Å². The summed E-state index contributed by atoms with van der Waals surface area (Å²) in [6.07, 6.45) is 0.562. The van der Waals surface area contributed by atoms with Gasteiger partial charge in [-0.15, -0.1) is 0 Å². The third kappa shape index (κ3) is 4.91. The number of aliphatic hydroxyl groups is 1. The van der Waals surface area contributed by atoms with Crippen LogP contribution in [0.2, 0.25) is 0 Å². The molecule has 0 aliphatic carbocycles. The largest absolute Gasteiger partial charge is 0.396 e. The molecule has 0 spiro atoms. The maximum atomic E-state index is 12.6. The Balaban J connectivity index is 1.51. The van der Waals surface area contributed by atoms with Crippen molar-refractivity contribution < 1.29 is 18.3 Å². The molecule has 0 saturated carbocycles. The smallest absolute Gasteiger partial charge is 0.263 e. The lowest BCUT2D eigenvalue weighted by Gasteiger charge is -2.06. The van der Waals surface area contributed by atoms with E-state index in [1.807, 2.05) is 12.1 Å². The molecule has 31 heavy (non-hydrogen) atoms. The van der Waals surface area contributed by atoms with Crippen LogP contribution in [-0.4, -0.2) is 31.0 Å². The van der Waals surface area contributed by atoms with E-state index in [1.165, 1.54) is 12.1 Å². The number of sulfonamides is 1. The minimum atomic E-state index is -3.73. The Labute approximate surface area is 183 Å². The topological polar surface area (TPSA) is 108 Å². The van der Waals surface area contributed by atoms with Gasteiger partial charge in [-0.2, -0.15) is 0 Å². The average Bonchev–Trinajstić information content (AvgIpc) is 3.16. The SMILES string of the molecule is O=C(Nc1ccc(CCO)cc1)c1ccc2nc(NS(=O)(=O)c3ccccc3)sc2c1. The minimum Gasteiger partial charge on any atom is -0.396 e. The minimum absolute atomic E-state index is 0.0735.